The zero-order chi connectivity index (χ0) is 24.0. The number of methoxy groups -OCH3 is 2. The van der Waals surface area contributed by atoms with Crippen LogP contribution in [-0.2, 0) is 9.47 Å². The van der Waals surface area contributed by atoms with E-state index in [1.54, 1.807) is 20.4 Å². The first-order valence-electron chi connectivity index (χ1n) is 10.7. The van der Waals surface area contributed by atoms with E-state index in [1.165, 1.54) is 12.3 Å². The van der Waals surface area contributed by atoms with Crippen LogP contribution in [0.25, 0.3) is 17.0 Å². The maximum absolute atomic E-state index is 12.7. The van der Waals surface area contributed by atoms with Crippen LogP contribution in [0.1, 0.15) is 31.0 Å². The van der Waals surface area contributed by atoms with Gasteiger partial charge >= 0.3 is 6.36 Å². The summed E-state index contributed by atoms with van der Waals surface area (Å²) in [7, 11) is 3.33. The maximum atomic E-state index is 12.7. The van der Waals surface area contributed by atoms with Gasteiger partial charge in [0.25, 0.3) is 0 Å². The number of nitrogens with two attached hydrogens (primary N) is 1. The average molecular weight is 470 g/mol. The van der Waals surface area contributed by atoms with Crippen molar-refractivity contribution in [3.8, 4) is 17.0 Å². The van der Waals surface area contributed by atoms with Gasteiger partial charge in [0.1, 0.15) is 5.82 Å². The van der Waals surface area contributed by atoms with Crippen molar-refractivity contribution in [3.63, 3.8) is 0 Å². The second-order valence-corrected chi connectivity index (χ2v) is 7.93. The van der Waals surface area contributed by atoms with Gasteiger partial charge in [-0.2, -0.15) is 0 Å². The largest absolute Gasteiger partial charge is 0.573 e. The number of rotatable bonds is 13. The first-order valence-corrected chi connectivity index (χ1v) is 10.7. The molecule has 8 nitrogen and oxygen atoms in total. The summed E-state index contributed by atoms with van der Waals surface area (Å²) in [6, 6.07) is 1.21. The average Bonchev–Trinajstić information content (AvgIpc) is 3.51. The topological polar surface area (TPSA) is 87.7 Å². The lowest BCUT2D eigenvalue weighted by Crippen LogP contribution is -2.32. The summed E-state index contributed by atoms with van der Waals surface area (Å²) in [5.41, 5.74) is 7.29. The number of halogens is 3. The van der Waals surface area contributed by atoms with E-state index in [9.17, 15) is 13.2 Å². The third kappa shape index (κ3) is 7.18. The number of alkyl halides is 3. The molecule has 0 unspecified atom stereocenters. The van der Waals surface area contributed by atoms with Gasteiger partial charge in [-0.05, 0) is 18.9 Å². The molecule has 11 heteroatoms. The Morgan fingerprint density at radius 3 is 2.45 bits per heavy atom. The van der Waals surface area contributed by atoms with Crippen LogP contribution >= 0.6 is 0 Å². The van der Waals surface area contributed by atoms with Gasteiger partial charge in [0.2, 0.25) is 0 Å². The number of pyridine rings is 1. The smallest absolute Gasteiger partial charge is 0.402 e. The standard InChI is InChI=1S/C22H30F3N5O3/c1-15(6-7-29(8-10-31-2)9-11-32-3)30-14-18(28-21(30)16-4-5-16)17-12-19(20(26)27-13-17)33-22(23,24)25/h12-14,16H,1,4-11H2,2-3H3,(H2,26,27). The molecule has 33 heavy (non-hydrogen) atoms. The van der Waals surface area contributed by atoms with Crippen LogP contribution in [-0.4, -0.2) is 72.9 Å². The molecule has 2 aromatic heterocycles. The van der Waals surface area contributed by atoms with E-state index >= 15 is 0 Å². The minimum Gasteiger partial charge on any atom is -0.402 e. The molecule has 0 radical (unpaired) electrons. The summed E-state index contributed by atoms with van der Waals surface area (Å²) in [5.74, 6) is 0.273. The third-order valence-corrected chi connectivity index (χ3v) is 5.36. The van der Waals surface area contributed by atoms with Crippen LogP contribution in [0.3, 0.4) is 0 Å². The minimum absolute atomic E-state index is 0.307. The lowest BCUT2D eigenvalue weighted by Gasteiger charge is -2.22. The van der Waals surface area contributed by atoms with Crippen LogP contribution in [0.5, 0.6) is 5.75 Å². The second kappa shape index (κ2) is 11.0. The van der Waals surface area contributed by atoms with Crippen LogP contribution in [0.15, 0.2) is 25.0 Å². The SMILES string of the molecule is C=C(CCN(CCOC)CCOC)n1cc(-c2cnc(N)c(OC(F)(F)F)c2)nc1C1CC1. The number of nitrogen functional groups attached to an aromatic ring is 1. The number of ether oxygens (including phenoxy) is 3. The van der Waals surface area contributed by atoms with Gasteiger partial charge in [0, 0.05) is 69.8 Å². The molecular formula is C22H30F3N5O3. The molecule has 2 N–H and O–H groups in total. The van der Waals surface area contributed by atoms with E-state index in [-0.39, 0.29) is 5.82 Å². The molecule has 2 aromatic rings. The Morgan fingerprint density at radius 1 is 1.21 bits per heavy atom. The minimum atomic E-state index is -4.86. The molecule has 0 aromatic carbocycles. The first kappa shape index (κ1) is 25.0. The second-order valence-electron chi connectivity index (χ2n) is 7.93. The van der Waals surface area contributed by atoms with Gasteiger partial charge in [-0.1, -0.05) is 6.58 Å². The molecule has 0 aliphatic heterocycles. The zero-order valence-corrected chi connectivity index (χ0v) is 18.9. The van der Waals surface area contributed by atoms with E-state index in [0.717, 1.165) is 44.0 Å². The highest BCUT2D eigenvalue weighted by Crippen LogP contribution is 2.41. The lowest BCUT2D eigenvalue weighted by molar-refractivity contribution is -0.274. The van der Waals surface area contributed by atoms with Crippen molar-refractivity contribution in [1.29, 1.82) is 0 Å². The van der Waals surface area contributed by atoms with Crippen molar-refractivity contribution >= 4 is 11.5 Å². The van der Waals surface area contributed by atoms with Crippen LogP contribution in [0.2, 0.25) is 0 Å². The van der Waals surface area contributed by atoms with E-state index in [1.807, 2.05) is 4.57 Å². The Balaban J connectivity index is 1.78. The van der Waals surface area contributed by atoms with Crippen LogP contribution in [0.4, 0.5) is 19.0 Å². The molecule has 3 rings (SSSR count). The summed E-state index contributed by atoms with van der Waals surface area (Å²) in [4.78, 5) is 10.8. The summed E-state index contributed by atoms with van der Waals surface area (Å²) in [6.45, 7) is 7.78. The van der Waals surface area contributed by atoms with Crippen LogP contribution < -0.4 is 10.5 Å². The van der Waals surface area contributed by atoms with Gasteiger partial charge in [-0.3, -0.25) is 4.90 Å². The molecular weight excluding hydrogens is 439 g/mol. The predicted octanol–water partition coefficient (Wildman–Crippen LogP) is 3.76. The Kier molecular flexibility index (Phi) is 8.33. The Morgan fingerprint density at radius 2 is 1.88 bits per heavy atom. The molecule has 0 atom stereocenters. The summed E-state index contributed by atoms with van der Waals surface area (Å²) in [6.07, 6.45) is 1.03. The van der Waals surface area contributed by atoms with Crippen molar-refractivity contribution in [2.45, 2.75) is 31.5 Å². The number of hydrogen-bond donors (Lipinski definition) is 1. The summed E-state index contributed by atoms with van der Waals surface area (Å²) < 4.78 is 54.4. The van der Waals surface area contributed by atoms with Gasteiger partial charge in [0.15, 0.2) is 11.6 Å². The number of imidazole rings is 1. The van der Waals surface area contributed by atoms with E-state index in [4.69, 9.17) is 15.2 Å². The fraction of sp³-hybridized carbons (Fsp3) is 0.545. The molecule has 0 bridgehead atoms. The third-order valence-electron chi connectivity index (χ3n) is 5.36. The van der Waals surface area contributed by atoms with Gasteiger partial charge in [-0.15, -0.1) is 13.2 Å². The zero-order valence-electron chi connectivity index (χ0n) is 18.9. The normalized spacial score (nSPS) is 14.1. The first-order chi connectivity index (χ1) is 15.7. The van der Waals surface area contributed by atoms with E-state index in [2.05, 4.69) is 26.2 Å². The predicted molar refractivity (Wildman–Crippen MR) is 119 cm³/mol. The van der Waals surface area contributed by atoms with Crippen molar-refractivity contribution in [3.05, 3.63) is 30.9 Å². The maximum Gasteiger partial charge on any atom is 0.573 e. The molecule has 1 aliphatic rings. The lowest BCUT2D eigenvalue weighted by atomic mass is 10.2. The highest BCUT2D eigenvalue weighted by molar-refractivity contribution is 5.65. The van der Waals surface area contributed by atoms with Crippen molar-refractivity contribution in [1.82, 2.24) is 19.4 Å². The summed E-state index contributed by atoms with van der Waals surface area (Å²) >= 11 is 0. The molecule has 0 spiro atoms. The van der Waals surface area contributed by atoms with E-state index < -0.39 is 12.1 Å². The van der Waals surface area contributed by atoms with Gasteiger partial charge in [-0.25, -0.2) is 9.97 Å². The highest BCUT2D eigenvalue weighted by atomic mass is 19.4. The number of nitrogens with zero attached hydrogens (tertiary/aromatic N) is 4. The molecule has 182 valence electrons. The molecule has 1 aliphatic carbocycles. The van der Waals surface area contributed by atoms with Crippen molar-refractivity contribution in [2.75, 3.05) is 52.8 Å². The van der Waals surface area contributed by atoms with Crippen molar-refractivity contribution in [2.24, 2.45) is 0 Å². The number of anilines is 1. The fourth-order valence-electron chi connectivity index (χ4n) is 3.40. The number of aromatic nitrogens is 3. The molecule has 2 heterocycles. The molecule has 1 saturated carbocycles. The monoisotopic (exact) mass is 469 g/mol. The Bertz CT molecular complexity index is 936. The van der Waals surface area contributed by atoms with E-state index in [0.29, 0.717) is 36.8 Å². The molecule has 0 amide bonds. The van der Waals surface area contributed by atoms with Gasteiger partial charge in [0.05, 0.1) is 18.9 Å². The van der Waals surface area contributed by atoms with Gasteiger partial charge < -0.3 is 24.5 Å². The quantitative estimate of drug-likeness (QED) is 0.478. The molecule has 1 fully saturated rings. The fourth-order valence-corrected chi connectivity index (χ4v) is 3.40. The van der Waals surface area contributed by atoms with Crippen LogP contribution in [0, 0.1) is 0 Å². The number of hydrogen-bond acceptors (Lipinski definition) is 7. The summed E-state index contributed by atoms with van der Waals surface area (Å²) in [5, 5.41) is 0. The highest BCUT2D eigenvalue weighted by Gasteiger charge is 2.33. The Labute approximate surface area is 191 Å². The molecule has 0 saturated heterocycles. The Hall–Kier alpha value is -2.63. The van der Waals surface area contributed by atoms with Crippen molar-refractivity contribution < 1.29 is 27.4 Å².